The van der Waals surface area contributed by atoms with E-state index in [1.165, 1.54) is 6.07 Å². The molecule has 0 bridgehead atoms. The van der Waals surface area contributed by atoms with E-state index in [1.54, 1.807) is 24.3 Å². The van der Waals surface area contributed by atoms with Crippen molar-refractivity contribution in [1.29, 1.82) is 0 Å². The molecule has 0 saturated heterocycles. The van der Waals surface area contributed by atoms with Crippen LogP contribution >= 0.6 is 11.6 Å². The number of carbonyl (C=O) groups excluding carboxylic acids is 2. The summed E-state index contributed by atoms with van der Waals surface area (Å²) in [6.07, 6.45) is -4.77. The summed E-state index contributed by atoms with van der Waals surface area (Å²) in [7, 11) is 0. The van der Waals surface area contributed by atoms with Gasteiger partial charge in [-0.25, -0.2) is 0 Å². The molecule has 0 fully saturated rings. The molecule has 1 N–H and O–H groups in total. The van der Waals surface area contributed by atoms with Crippen molar-refractivity contribution in [2.24, 2.45) is 0 Å². The van der Waals surface area contributed by atoms with Crippen LogP contribution in [0.1, 0.15) is 34.3 Å². The molecule has 0 aromatic heterocycles. The summed E-state index contributed by atoms with van der Waals surface area (Å²) < 4.78 is 38.4. The lowest BCUT2D eigenvalue weighted by atomic mass is 10.0. The summed E-state index contributed by atoms with van der Waals surface area (Å²) in [6, 6.07) is 10.0. The third-order valence-electron chi connectivity index (χ3n) is 3.51. The van der Waals surface area contributed by atoms with Gasteiger partial charge in [0.1, 0.15) is 0 Å². The number of anilines is 1. The van der Waals surface area contributed by atoms with Crippen molar-refractivity contribution < 1.29 is 22.8 Å². The van der Waals surface area contributed by atoms with Crippen LogP contribution in [0.3, 0.4) is 0 Å². The van der Waals surface area contributed by atoms with Crippen LogP contribution in [0.4, 0.5) is 18.9 Å². The quantitative estimate of drug-likeness (QED) is 0.730. The first-order valence-corrected chi connectivity index (χ1v) is 7.81. The molecule has 25 heavy (non-hydrogen) atoms. The van der Waals surface area contributed by atoms with E-state index in [1.807, 2.05) is 6.92 Å². The SMILES string of the molecule is Cc1ccc(C(=O)CCC(=O)Nc2ccc(Cl)c(C(F)(F)F)c2)cc1. The first kappa shape index (κ1) is 19.0. The lowest BCUT2D eigenvalue weighted by Crippen LogP contribution is -2.14. The van der Waals surface area contributed by atoms with E-state index < -0.39 is 22.7 Å². The minimum Gasteiger partial charge on any atom is -0.326 e. The van der Waals surface area contributed by atoms with Crippen molar-refractivity contribution in [1.82, 2.24) is 0 Å². The zero-order chi connectivity index (χ0) is 18.6. The van der Waals surface area contributed by atoms with Gasteiger partial charge in [0.2, 0.25) is 5.91 Å². The Labute approximate surface area is 147 Å². The molecular formula is C18H15ClF3NO2. The van der Waals surface area contributed by atoms with Gasteiger partial charge in [-0.1, -0.05) is 41.4 Å². The summed E-state index contributed by atoms with van der Waals surface area (Å²) in [6.45, 7) is 1.89. The van der Waals surface area contributed by atoms with Gasteiger partial charge in [-0.15, -0.1) is 0 Å². The van der Waals surface area contributed by atoms with Crippen molar-refractivity contribution in [2.45, 2.75) is 25.9 Å². The van der Waals surface area contributed by atoms with Crippen LogP contribution in [0.5, 0.6) is 0 Å². The van der Waals surface area contributed by atoms with Crippen LogP contribution < -0.4 is 5.32 Å². The maximum absolute atomic E-state index is 12.8. The van der Waals surface area contributed by atoms with Gasteiger partial charge in [0.25, 0.3) is 0 Å². The lowest BCUT2D eigenvalue weighted by molar-refractivity contribution is -0.137. The highest BCUT2D eigenvalue weighted by atomic mass is 35.5. The maximum atomic E-state index is 12.8. The highest BCUT2D eigenvalue weighted by molar-refractivity contribution is 6.31. The van der Waals surface area contributed by atoms with Crippen molar-refractivity contribution in [3.63, 3.8) is 0 Å². The zero-order valence-electron chi connectivity index (χ0n) is 13.3. The fourth-order valence-corrected chi connectivity index (χ4v) is 2.38. The number of carbonyl (C=O) groups is 2. The van der Waals surface area contributed by atoms with Crippen LogP contribution in [0, 0.1) is 6.92 Å². The van der Waals surface area contributed by atoms with Gasteiger partial charge < -0.3 is 5.32 Å². The second-order valence-electron chi connectivity index (χ2n) is 5.53. The van der Waals surface area contributed by atoms with Crippen LogP contribution in [-0.4, -0.2) is 11.7 Å². The van der Waals surface area contributed by atoms with Crippen molar-refractivity contribution in [3.05, 3.63) is 64.2 Å². The number of ketones is 1. The average molecular weight is 370 g/mol. The van der Waals surface area contributed by atoms with E-state index in [4.69, 9.17) is 11.6 Å². The Morgan fingerprint density at radius 3 is 2.28 bits per heavy atom. The standard InChI is InChI=1S/C18H15ClF3NO2/c1-11-2-4-12(5-3-11)16(24)8-9-17(25)23-13-6-7-15(19)14(10-13)18(20,21)22/h2-7,10H,8-9H2,1H3,(H,23,25). The Morgan fingerprint density at radius 2 is 1.68 bits per heavy atom. The van der Waals surface area contributed by atoms with E-state index in [0.29, 0.717) is 5.56 Å². The first-order chi connectivity index (χ1) is 11.7. The Kier molecular flexibility index (Phi) is 5.85. The topological polar surface area (TPSA) is 46.2 Å². The highest BCUT2D eigenvalue weighted by Gasteiger charge is 2.33. The molecule has 132 valence electrons. The minimum atomic E-state index is -4.61. The number of halogens is 4. The number of Topliss-reactive ketones (excluding diaryl/α,β-unsaturated/α-hetero) is 1. The van der Waals surface area contributed by atoms with Crippen molar-refractivity contribution in [2.75, 3.05) is 5.32 Å². The number of aryl methyl sites for hydroxylation is 1. The fourth-order valence-electron chi connectivity index (χ4n) is 2.15. The van der Waals surface area contributed by atoms with Crippen molar-refractivity contribution in [3.8, 4) is 0 Å². The predicted octanol–water partition coefficient (Wildman–Crippen LogP) is 5.27. The third kappa shape index (κ3) is 5.32. The Bertz CT molecular complexity index is 786. The smallest absolute Gasteiger partial charge is 0.326 e. The fraction of sp³-hybridized carbons (Fsp3) is 0.222. The summed E-state index contributed by atoms with van der Waals surface area (Å²) in [5, 5.41) is 1.90. The molecule has 1 amide bonds. The second kappa shape index (κ2) is 7.70. The van der Waals surface area contributed by atoms with Gasteiger partial charge in [-0.3, -0.25) is 9.59 Å². The molecule has 0 spiro atoms. The molecule has 0 atom stereocenters. The third-order valence-corrected chi connectivity index (χ3v) is 3.84. The lowest BCUT2D eigenvalue weighted by Gasteiger charge is -2.11. The molecule has 7 heteroatoms. The molecule has 0 aliphatic heterocycles. The van der Waals surface area contributed by atoms with Crippen molar-refractivity contribution >= 4 is 29.0 Å². The molecular weight excluding hydrogens is 355 g/mol. The Morgan fingerprint density at radius 1 is 1.04 bits per heavy atom. The largest absolute Gasteiger partial charge is 0.417 e. The van der Waals surface area contributed by atoms with Crippen LogP contribution in [0.25, 0.3) is 0 Å². The summed E-state index contributed by atoms with van der Waals surface area (Å²) in [5.41, 5.74) is 0.453. The van der Waals surface area contributed by atoms with Crippen LogP contribution in [0.2, 0.25) is 5.02 Å². The number of rotatable bonds is 5. The van der Waals surface area contributed by atoms with E-state index in [-0.39, 0.29) is 24.3 Å². The second-order valence-corrected chi connectivity index (χ2v) is 5.94. The van der Waals surface area contributed by atoms with Gasteiger partial charge >= 0.3 is 6.18 Å². The Hall–Kier alpha value is -2.34. The van der Waals surface area contributed by atoms with Gasteiger partial charge in [0, 0.05) is 24.1 Å². The van der Waals surface area contributed by atoms with E-state index in [0.717, 1.165) is 17.7 Å². The molecule has 3 nitrogen and oxygen atoms in total. The predicted molar refractivity (Wildman–Crippen MR) is 89.8 cm³/mol. The molecule has 0 heterocycles. The molecule has 0 aliphatic carbocycles. The molecule has 2 aromatic rings. The summed E-state index contributed by atoms with van der Waals surface area (Å²) in [5.74, 6) is -0.752. The molecule has 2 rings (SSSR count). The van der Waals surface area contributed by atoms with Crippen LogP contribution in [-0.2, 0) is 11.0 Å². The molecule has 0 aliphatic rings. The van der Waals surface area contributed by atoms with Gasteiger partial charge in [0.05, 0.1) is 10.6 Å². The number of benzene rings is 2. The Balaban J connectivity index is 1.96. The van der Waals surface area contributed by atoms with E-state index >= 15 is 0 Å². The highest BCUT2D eigenvalue weighted by Crippen LogP contribution is 2.36. The summed E-state index contributed by atoms with van der Waals surface area (Å²) >= 11 is 5.52. The first-order valence-electron chi connectivity index (χ1n) is 7.43. The number of amides is 1. The van der Waals surface area contributed by atoms with Gasteiger partial charge in [-0.05, 0) is 25.1 Å². The molecule has 2 aromatic carbocycles. The normalized spacial score (nSPS) is 11.2. The zero-order valence-corrected chi connectivity index (χ0v) is 14.0. The monoisotopic (exact) mass is 369 g/mol. The van der Waals surface area contributed by atoms with Crippen LogP contribution in [0.15, 0.2) is 42.5 Å². The molecule has 0 radical (unpaired) electrons. The maximum Gasteiger partial charge on any atom is 0.417 e. The molecule has 0 unspecified atom stereocenters. The number of hydrogen-bond acceptors (Lipinski definition) is 2. The van der Waals surface area contributed by atoms with Gasteiger partial charge in [0.15, 0.2) is 5.78 Å². The van der Waals surface area contributed by atoms with Gasteiger partial charge in [-0.2, -0.15) is 13.2 Å². The van der Waals surface area contributed by atoms with E-state index in [9.17, 15) is 22.8 Å². The number of hydrogen-bond donors (Lipinski definition) is 1. The molecule has 0 saturated carbocycles. The summed E-state index contributed by atoms with van der Waals surface area (Å²) in [4.78, 5) is 23.9. The average Bonchev–Trinajstić information content (AvgIpc) is 2.54. The number of nitrogens with one attached hydrogen (secondary N) is 1. The number of alkyl halides is 3. The van der Waals surface area contributed by atoms with E-state index in [2.05, 4.69) is 5.32 Å². The minimum absolute atomic E-state index is 0.0236.